The fourth-order valence-electron chi connectivity index (χ4n) is 3.91. The molecule has 1 amide bonds. The van der Waals surface area contributed by atoms with Gasteiger partial charge in [-0.05, 0) is 44.4 Å². The van der Waals surface area contributed by atoms with E-state index in [1.165, 1.54) is 0 Å². The minimum Gasteiger partial charge on any atom is -0.481 e. The molecule has 6 nitrogen and oxygen atoms in total. The van der Waals surface area contributed by atoms with Gasteiger partial charge in [0.2, 0.25) is 0 Å². The summed E-state index contributed by atoms with van der Waals surface area (Å²) in [7, 11) is 0. The summed E-state index contributed by atoms with van der Waals surface area (Å²) in [6.45, 7) is 5.13. The van der Waals surface area contributed by atoms with E-state index >= 15 is 0 Å². The number of hydrogen-bond acceptors (Lipinski definition) is 4. The summed E-state index contributed by atoms with van der Waals surface area (Å²) in [6, 6.07) is 5.57. The Morgan fingerprint density at radius 3 is 2.74 bits per heavy atom. The molecule has 1 N–H and O–H groups in total. The van der Waals surface area contributed by atoms with E-state index in [1.54, 1.807) is 4.90 Å². The van der Waals surface area contributed by atoms with Crippen LogP contribution in [0.1, 0.15) is 52.4 Å². The molecule has 0 bridgehead atoms. The molecule has 1 saturated heterocycles. The average Bonchev–Trinajstić information content (AvgIpc) is 3.45. The number of morpholine rings is 1. The maximum absolute atomic E-state index is 13.5. The quantitative estimate of drug-likeness (QED) is 0.897. The molecular weight excluding hydrogens is 344 g/mol. The van der Waals surface area contributed by atoms with Crippen molar-refractivity contribution in [2.75, 3.05) is 19.8 Å². The number of pyridine rings is 1. The normalized spacial score (nSPS) is 20.1. The van der Waals surface area contributed by atoms with Gasteiger partial charge in [0.25, 0.3) is 5.91 Å². The summed E-state index contributed by atoms with van der Waals surface area (Å²) in [5.41, 5.74) is 4.62. The van der Waals surface area contributed by atoms with Gasteiger partial charge in [-0.25, -0.2) is 0 Å². The average molecular weight is 368 g/mol. The molecule has 6 heteroatoms. The van der Waals surface area contributed by atoms with Gasteiger partial charge in [0, 0.05) is 23.5 Å². The molecule has 0 spiro atoms. The molecular formula is C21H24N2O4. The predicted octanol–water partition coefficient (Wildman–Crippen LogP) is 3.04. The third-order valence-corrected chi connectivity index (χ3v) is 5.39. The third kappa shape index (κ3) is 3.54. The highest BCUT2D eigenvalue weighted by Crippen LogP contribution is 2.41. The SMILES string of the molecule is Cc1cc(C)c2nc(C3CC3)cc(C(=O)N3CCOCC3CC(=O)O)c2c1. The molecule has 142 valence electrons. The highest BCUT2D eigenvalue weighted by atomic mass is 16.5. The summed E-state index contributed by atoms with van der Waals surface area (Å²) >= 11 is 0. The van der Waals surface area contributed by atoms with Gasteiger partial charge < -0.3 is 14.7 Å². The second kappa shape index (κ2) is 6.93. The maximum Gasteiger partial charge on any atom is 0.305 e. The molecule has 2 fully saturated rings. The van der Waals surface area contributed by atoms with Gasteiger partial charge in [0.05, 0.1) is 36.8 Å². The Balaban J connectivity index is 1.81. The number of rotatable bonds is 4. The molecule has 1 aliphatic heterocycles. The number of aliphatic carboxylic acids is 1. The lowest BCUT2D eigenvalue weighted by molar-refractivity contribution is -0.139. The molecule has 1 unspecified atom stereocenters. The van der Waals surface area contributed by atoms with Crippen molar-refractivity contribution in [2.45, 2.75) is 45.1 Å². The smallest absolute Gasteiger partial charge is 0.305 e. The van der Waals surface area contributed by atoms with E-state index in [-0.39, 0.29) is 18.9 Å². The summed E-state index contributed by atoms with van der Waals surface area (Å²) in [6.07, 6.45) is 2.11. The van der Waals surface area contributed by atoms with Crippen LogP contribution in [0.4, 0.5) is 0 Å². The number of hydrogen-bond donors (Lipinski definition) is 1. The van der Waals surface area contributed by atoms with E-state index in [1.807, 2.05) is 26.0 Å². The van der Waals surface area contributed by atoms with Gasteiger partial charge in [-0.3, -0.25) is 14.6 Å². The highest BCUT2D eigenvalue weighted by Gasteiger charge is 2.32. The van der Waals surface area contributed by atoms with Crippen LogP contribution in [0, 0.1) is 13.8 Å². The minimum atomic E-state index is -0.923. The molecule has 1 aromatic heterocycles. The highest BCUT2D eigenvalue weighted by molar-refractivity contribution is 6.07. The van der Waals surface area contributed by atoms with Crippen molar-refractivity contribution in [1.82, 2.24) is 9.88 Å². The molecule has 2 heterocycles. The van der Waals surface area contributed by atoms with E-state index in [4.69, 9.17) is 9.72 Å². The van der Waals surface area contributed by atoms with Crippen molar-refractivity contribution in [3.63, 3.8) is 0 Å². The van der Waals surface area contributed by atoms with Crippen molar-refractivity contribution in [3.8, 4) is 0 Å². The minimum absolute atomic E-state index is 0.109. The first-order valence-corrected chi connectivity index (χ1v) is 9.46. The van der Waals surface area contributed by atoms with E-state index in [9.17, 15) is 14.7 Å². The van der Waals surface area contributed by atoms with Crippen molar-refractivity contribution in [1.29, 1.82) is 0 Å². The lowest BCUT2D eigenvalue weighted by Gasteiger charge is -2.35. The standard InChI is InChI=1S/C21H24N2O4/c1-12-7-13(2)20-16(8-12)17(10-18(22-20)14-3-4-14)21(26)23-5-6-27-11-15(23)9-19(24)25/h7-8,10,14-15H,3-6,9,11H2,1-2H3,(H,24,25). The molecule has 4 rings (SSSR count). The fraction of sp³-hybridized carbons (Fsp3) is 0.476. The van der Waals surface area contributed by atoms with Crippen LogP contribution in [0.2, 0.25) is 0 Å². The Kier molecular flexibility index (Phi) is 4.60. The van der Waals surface area contributed by atoms with Crippen molar-refractivity contribution in [2.24, 2.45) is 0 Å². The van der Waals surface area contributed by atoms with Gasteiger partial charge in [-0.1, -0.05) is 11.6 Å². The van der Waals surface area contributed by atoms with Crippen LogP contribution < -0.4 is 0 Å². The molecule has 1 aromatic carbocycles. The Bertz CT molecular complexity index is 920. The van der Waals surface area contributed by atoms with Crippen LogP contribution in [0.15, 0.2) is 18.2 Å². The number of carbonyl (C=O) groups excluding carboxylic acids is 1. The first-order valence-electron chi connectivity index (χ1n) is 9.46. The second-order valence-corrected chi connectivity index (χ2v) is 7.67. The predicted molar refractivity (Wildman–Crippen MR) is 101 cm³/mol. The van der Waals surface area contributed by atoms with Crippen molar-refractivity contribution < 1.29 is 19.4 Å². The lowest BCUT2D eigenvalue weighted by Crippen LogP contribution is -2.49. The van der Waals surface area contributed by atoms with E-state index in [2.05, 4.69) is 6.07 Å². The molecule has 27 heavy (non-hydrogen) atoms. The van der Waals surface area contributed by atoms with E-state index < -0.39 is 12.0 Å². The zero-order chi connectivity index (χ0) is 19.1. The summed E-state index contributed by atoms with van der Waals surface area (Å²) in [5, 5.41) is 10.1. The van der Waals surface area contributed by atoms with Gasteiger partial charge in [0.1, 0.15) is 0 Å². The van der Waals surface area contributed by atoms with Crippen molar-refractivity contribution in [3.05, 3.63) is 40.6 Å². The fourth-order valence-corrected chi connectivity index (χ4v) is 3.91. The van der Waals surface area contributed by atoms with E-state index in [0.717, 1.165) is 40.6 Å². The topological polar surface area (TPSA) is 79.7 Å². The Labute approximate surface area is 158 Å². The molecule has 2 aromatic rings. The molecule has 1 aliphatic carbocycles. The zero-order valence-electron chi connectivity index (χ0n) is 15.7. The second-order valence-electron chi connectivity index (χ2n) is 7.67. The van der Waals surface area contributed by atoms with Gasteiger partial charge >= 0.3 is 5.97 Å². The number of aryl methyl sites for hydroxylation is 2. The first-order chi connectivity index (χ1) is 12.9. The number of ether oxygens (including phenoxy) is 1. The summed E-state index contributed by atoms with van der Waals surface area (Å²) in [4.78, 5) is 31.2. The number of carboxylic acid groups (broad SMARTS) is 1. The Morgan fingerprint density at radius 2 is 2.04 bits per heavy atom. The lowest BCUT2D eigenvalue weighted by atomic mass is 9.99. The summed E-state index contributed by atoms with van der Waals surface area (Å²) < 4.78 is 5.43. The van der Waals surface area contributed by atoms with Crippen LogP contribution in [0.5, 0.6) is 0 Å². The van der Waals surface area contributed by atoms with Crippen LogP contribution in [-0.2, 0) is 9.53 Å². The van der Waals surface area contributed by atoms with Gasteiger partial charge in [-0.15, -0.1) is 0 Å². The van der Waals surface area contributed by atoms with E-state index in [0.29, 0.717) is 24.6 Å². The molecule has 1 saturated carbocycles. The number of nitrogens with zero attached hydrogens (tertiary/aromatic N) is 2. The van der Waals surface area contributed by atoms with Gasteiger partial charge in [0.15, 0.2) is 0 Å². The van der Waals surface area contributed by atoms with Gasteiger partial charge in [-0.2, -0.15) is 0 Å². The number of benzene rings is 1. The number of aromatic nitrogens is 1. The molecule has 1 atom stereocenters. The Morgan fingerprint density at radius 1 is 1.26 bits per heavy atom. The third-order valence-electron chi connectivity index (χ3n) is 5.39. The maximum atomic E-state index is 13.5. The van der Waals surface area contributed by atoms with Crippen LogP contribution in [0.25, 0.3) is 10.9 Å². The zero-order valence-corrected chi connectivity index (χ0v) is 15.7. The number of carbonyl (C=O) groups is 2. The first kappa shape index (κ1) is 17.9. The number of fused-ring (bicyclic) bond motifs is 1. The molecule has 2 aliphatic rings. The monoisotopic (exact) mass is 368 g/mol. The van der Waals surface area contributed by atoms with Crippen LogP contribution in [-0.4, -0.2) is 52.7 Å². The summed E-state index contributed by atoms with van der Waals surface area (Å²) in [5.74, 6) is -0.613. The van der Waals surface area contributed by atoms with Crippen LogP contribution >= 0.6 is 0 Å². The van der Waals surface area contributed by atoms with Crippen molar-refractivity contribution >= 4 is 22.8 Å². The van der Waals surface area contributed by atoms with Crippen LogP contribution in [0.3, 0.4) is 0 Å². The largest absolute Gasteiger partial charge is 0.481 e. The Hall–Kier alpha value is -2.47. The molecule has 0 radical (unpaired) electrons. The number of carboxylic acids is 1. The number of amides is 1.